The van der Waals surface area contributed by atoms with Crippen LogP contribution in [0.25, 0.3) is 0 Å². The van der Waals surface area contributed by atoms with Crippen LogP contribution < -0.4 is 10.1 Å². The van der Waals surface area contributed by atoms with Crippen LogP contribution in [-0.2, 0) is 11.2 Å². The molecule has 0 bridgehead atoms. The number of benzene rings is 1. The zero-order valence-corrected chi connectivity index (χ0v) is 15.9. The molecule has 1 saturated heterocycles. The first-order valence-corrected chi connectivity index (χ1v) is 9.87. The lowest BCUT2D eigenvalue weighted by atomic mass is 9.87. The number of hydrogen-bond acceptors (Lipinski definition) is 4. The zero-order valence-electron chi connectivity index (χ0n) is 15.1. The first kappa shape index (κ1) is 18.3. The van der Waals surface area contributed by atoms with E-state index in [1.165, 1.54) is 17.3 Å². The van der Waals surface area contributed by atoms with Gasteiger partial charge in [-0.1, -0.05) is 35.9 Å². The van der Waals surface area contributed by atoms with Gasteiger partial charge in [0.25, 0.3) is 5.91 Å². The first-order chi connectivity index (χ1) is 13.2. The third-order valence-electron chi connectivity index (χ3n) is 5.19. The third kappa shape index (κ3) is 4.25. The van der Waals surface area contributed by atoms with E-state index in [4.69, 9.17) is 21.1 Å². The summed E-state index contributed by atoms with van der Waals surface area (Å²) in [5.41, 5.74) is 2.96. The molecule has 2 aromatic rings. The van der Waals surface area contributed by atoms with Gasteiger partial charge in [0.05, 0.1) is 24.8 Å². The van der Waals surface area contributed by atoms with Crippen LogP contribution in [-0.4, -0.2) is 30.2 Å². The number of nitrogens with one attached hydrogen (secondary N) is 1. The van der Waals surface area contributed by atoms with Gasteiger partial charge in [-0.3, -0.25) is 4.79 Å². The van der Waals surface area contributed by atoms with Gasteiger partial charge in [0.1, 0.15) is 11.1 Å². The first-order valence-electron chi connectivity index (χ1n) is 9.49. The summed E-state index contributed by atoms with van der Waals surface area (Å²) in [6.07, 6.45) is 6.30. The molecule has 6 heteroatoms. The Hall–Kier alpha value is -2.11. The van der Waals surface area contributed by atoms with Gasteiger partial charge in [-0.2, -0.15) is 0 Å². The molecule has 0 saturated carbocycles. The van der Waals surface area contributed by atoms with Crippen LogP contribution in [0.5, 0.6) is 5.88 Å². The van der Waals surface area contributed by atoms with Gasteiger partial charge < -0.3 is 14.8 Å². The molecule has 0 radical (unpaired) electrons. The van der Waals surface area contributed by atoms with E-state index in [1.807, 2.05) is 12.1 Å². The molecule has 142 valence electrons. The van der Waals surface area contributed by atoms with Gasteiger partial charge in [-0.25, -0.2) is 4.98 Å². The van der Waals surface area contributed by atoms with Crippen molar-refractivity contribution in [1.29, 1.82) is 0 Å². The molecule has 1 atom stereocenters. The van der Waals surface area contributed by atoms with Gasteiger partial charge in [0, 0.05) is 19.0 Å². The predicted octanol–water partition coefficient (Wildman–Crippen LogP) is 4.10. The summed E-state index contributed by atoms with van der Waals surface area (Å²) in [7, 11) is 0. The molecule has 1 aliphatic heterocycles. The number of pyridine rings is 1. The maximum Gasteiger partial charge on any atom is 0.253 e. The number of hydrogen-bond donors (Lipinski definition) is 1. The van der Waals surface area contributed by atoms with Crippen molar-refractivity contribution in [3.63, 3.8) is 0 Å². The number of amides is 1. The number of rotatable bonds is 4. The Morgan fingerprint density at radius 2 is 2.04 bits per heavy atom. The number of carbonyl (C=O) groups excluding carboxylic acids is 1. The summed E-state index contributed by atoms with van der Waals surface area (Å²) in [6, 6.07) is 9.95. The number of halogens is 1. The minimum absolute atomic E-state index is 0.0272. The normalized spacial score (nSPS) is 20.0. The standard InChI is InChI=1S/C21H23ClN2O3/c22-18-12-15(13-23-21(18)27-16-8-10-26-11-9-16)20(25)24-19-7-3-5-14-4-1-2-6-17(14)19/h1-2,4,6,12-13,16,19H,3,5,7-11H2,(H,24,25). The van der Waals surface area contributed by atoms with E-state index in [2.05, 4.69) is 22.4 Å². The molecule has 2 aliphatic rings. The van der Waals surface area contributed by atoms with Crippen LogP contribution >= 0.6 is 11.6 Å². The molecule has 5 nitrogen and oxygen atoms in total. The van der Waals surface area contributed by atoms with Crippen molar-refractivity contribution < 1.29 is 14.3 Å². The summed E-state index contributed by atoms with van der Waals surface area (Å²) in [6.45, 7) is 1.37. The quantitative estimate of drug-likeness (QED) is 0.859. The highest BCUT2D eigenvalue weighted by atomic mass is 35.5. The fourth-order valence-electron chi connectivity index (χ4n) is 3.73. The molecular formula is C21H23ClN2O3. The van der Waals surface area contributed by atoms with Crippen LogP contribution in [0.4, 0.5) is 0 Å². The fraction of sp³-hybridized carbons (Fsp3) is 0.429. The minimum Gasteiger partial charge on any atom is -0.473 e. The predicted molar refractivity (Wildman–Crippen MR) is 103 cm³/mol. The summed E-state index contributed by atoms with van der Waals surface area (Å²) < 4.78 is 11.2. The minimum atomic E-state index is -0.163. The second kappa shape index (κ2) is 8.28. The number of aryl methyl sites for hydroxylation is 1. The molecule has 0 spiro atoms. The smallest absolute Gasteiger partial charge is 0.253 e. The van der Waals surface area contributed by atoms with Crippen molar-refractivity contribution in [2.24, 2.45) is 0 Å². The average Bonchev–Trinajstić information content (AvgIpc) is 2.70. The summed E-state index contributed by atoms with van der Waals surface area (Å²) in [5.74, 6) is 0.215. The van der Waals surface area contributed by atoms with Crippen molar-refractivity contribution in [3.05, 3.63) is 58.2 Å². The molecule has 1 unspecified atom stereocenters. The average molecular weight is 387 g/mol. The molecule has 1 aliphatic carbocycles. The van der Waals surface area contributed by atoms with E-state index in [9.17, 15) is 4.79 Å². The van der Waals surface area contributed by atoms with Crippen molar-refractivity contribution >= 4 is 17.5 Å². The number of ether oxygens (including phenoxy) is 2. The Bertz CT molecular complexity index is 821. The highest BCUT2D eigenvalue weighted by Crippen LogP contribution is 2.30. The van der Waals surface area contributed by atoms with Crippen molar-refractivity contribution in [1.82, 2.24) is 10.3 Å². The number of fused-ring (bicyclic) bond motifs is 1. The molecule has 1 aromatic carbocycles. The topological polar surface area (TPSA) is 60.5 Å². The Kier molecular flexibility index (Phi) is 5.60. The summed E-state index contributed by atoms with van der Waals surface area (Å²) in [5, 5.41) is 3.48. The second-order valence-corrected chi connectivity index (χ2v) is 7.46. The van der Waals surface area contributed by atoms with Gasteiger partial charge in [-0.05, 0) is 36.5 Å². The molecule has 1 fully saturated rings. The van der Waals surface area contributed by atoms with E-state index in [-0.39, 0.29) is 18.1 Å². The third-order valence-corrected chi connectivity index (χ3v) is 5.46. The maximum absolute atomic E-state index is 12.7. The van der Waals surface area contributed by atoms with Crippen LogP contribution in [0, 0.1) is 0 Å². The highest BCUT2D eigenvalue weighted by molar-refractivity contribution is 6.32. The Morgan fingerprint density at radius 1 is 1.22 bits per heavy atom. The van der Waals surface area contributed by atoms with Gasteiger partial charge in [-0.15, -0.1) is 0 Å². The van der Waals surface area contributed by atoms with Crippen molar-refractivity contribution in [2.75, 3.05) is 13.2 Å². The largest absolute Gasteiger partial charge is 0.473 e. The van der Waals surface area contributed by atoms with Crippen molar-refractivity contribution in [3.8, 4) is 5.88 Å². The fourth-order valence-corrected chi connectivity index (χ4v) is 3.94. The maximum atomic E-state index is 12.7. The monoisotopic (exact) mass is 386 g/mol. The van der Waals surface area contributed by atoms with E-state index in [0.717, 1.165) is 32.1 Å². The van der Waals surface area contributed by atoms with Crippen LogP contribution in [0.2, 0.25) is 5.02 Å². The van der Waals surface area contributed by atoms with E-state index in [1.54, 1.807) is 6.07 Å². The molecular weight excluding hydrogens is 364 g/mol. The zero-order chi connectivity index (χ0) is 18.6. The van der Waals surface area contributed by atoms with Gasteiger partial charge in [0.2, 0.25) is 5.88 Å². The lowest BCUT2D eigenvalue weighted by molar-refractivity contribution is 0.0238. The molecule has 4 rings (SSSR count). The van der Waals surface area contributed by atoms with Gasteiger partial charge in [0.15, 0.2) is 0 Å². The summed E-state index contributed by atoms with van der Waals surface area (Å²) in [4.78, 5) is 17.0. The molecule has 1 N–H and O–H groups in total. The van der Waals surface area contributed by atoms with E-state index < -0.39 is 0 Å². The van der Waals surface area contributed by atoms with Crippen LogP contribution in [0.15, 0.2) is 36.5 Å². The lowest BCUT2D eigenvalue weighted by Gasteiger charge is -2.26. The number of carbonyl (C=O) groups is 1. The Labute approximate surface area is 164 Å². The Morgan fingerprint density at radius 3 is 2.85 bits per heavy atom. The molecule has 1 aromatic heterocycles. The number of nitrogens with zero attached hydrogens (tertiary/aromatic N) is 1. The second-order valence-electron chi connectivity index (χ2n) is 7.06. The van der Waals surface area contributed by atoms with Gasteiger partial charge >= 0.3 is 0 Å². The summed E-state index contributed by atoms with van der Waals surface area (Å²) >= 11 is 6.32. The highest BCUT2D eigenvalue weighted by Gasteiger charge is 2.23. The van der Waals surface area contributed by atoms with Crippen LogP contribution in [0.1, 0.15) is 53.2 Å². The van der Waals surface area contributed by atoms with E-state index in [0.29, 0.717) is 29.7 Å². The number of aromatic nitrogens is 1. The molecule has 1 amide bonds. The SMILES string of the molecule is O=C(NC1CCCc2ccccc21)c1cnc(OC2CCOCC2)c(Cl)c1. The van der Waals surface area contributed by atoms with Crippen LogP contribution in [0.3, 0.4) is 0 Å². The lowest BCUT2D eigenvalue weighted by Crippen LogP contribution is -2.31. The van der Waals surface area contributed by atoms with E-state index >= 15 is 0 Å². The Balaban J connectivity index is 1.44. The van der Waals surface area contributed by atoms with Crippen molar-refractivity contribution in [2.45, 2.75) is 44.2 Å². The molecule has 2 heterocycles. The molecule has 27 heavy (non-hydrogen) atoms.